The molecule has 0 amide bonds. The lowest BCUT2D eigenvalue weighted by atomic mass is 10.2. The molecule has 2 rings (SSSR count). The maximum absolute atomic E-state index is 13.2. The predicted octanol–water partition coefficient (Wildman–Crippen LogP) is 2.86. The number of nitrogens with zero attached hydrogens (tertiary/aromatic N) is 2. The van der Waals surface area contributed by atoms with E-state index in [2.05, 4.69) is 30.8 Å². The van der Waals surface area contributed by atoms with E-state index >= 15 is 0 Å². The topological polar surface area (TPSA) is 29.9 Å². The van der Waals surface area contributed by atoms with Gasteiger partial charge in [0.05, 0.1) is 10.2 Å². The van der Waals surface area contributed by atoms with Gasteiger partial charge in [-0.15, -0.1) is 0 Å². The third kappa shape index (κ3) is 2.79. The van der Waals surface area contributed by atoms with Crippen molar-refractivity contribution in [2.24, 2.45) is 0 Å². The van der Waals surface area contributed by atoms with Gasteiger partial charge in [0.1, 0.15) is 11.6 Å². The van der Waals surface area contributed by atoms with Crippen molar-refractivity contribution in [1.82, 2.24) is 14.9 Å². The summed E-state index contributed by atoms with van der Waals surface area (Å²) in [5.41, 5.74) is 2.16. The summed E-state index contributed by atoms with van der Waals surface area (Å²) in [6, 6.07) is 5.07. The van der Waals surface area contributed by atoms with E-state index in [1.165, 1.54) is 6.07 Å². The SMILES string of the molecule is CNCc1cnc(C)n1Cc1ccc(F)c(Br)c1. The Morgan fingerprint density at radius 2 is 2.22 bits per heavy atom. The largest absolute Gasteiger partial charge is 0.327 e. The predicted molar refractivity (Wildman–Crippen MR) is 72.9 cm³/mol. The highest BCUT2D eigenvalue weighted by molar-refractivity contribution is 9.10. The molecule has 0 spiro atoms. The molecule has 0 radical (unpaired) electrons. The van der Waals surface area contributed by atoms with Crippen molar-refractivity contribution in [3.63, 3.8) is 0 Å². The molecule has 3 nitrogen and oxygen atoms in total. The van der Waals surface area contributed by atoms with Crippen LogP contribution in [0.25, 0.3) is 0 Å². The van der Waals surface area contributed by atoms with E-state index in [1.54, 1.807) is 12.1 Å². The molecule has 2 aromatic rings. The molecule has 0 aliphatic heterocycles. The first-order valence-electron chi connectivity index (χ1n) is 5.71. The summed E-state index contributed by atoms with van der Waals surface area (Å²) >= 11 is 3.21. The minimum atomic E-state index is -0.239. The molecule has 1 aromatic heterocycles. The number of rotatable bonds is 4. The molecule has 0 saturated carbocycles. The van der Waals surface area contributed by atoms with Gasteiger partial charge in [-0.05, 0) is 47.6 Å². The first-order chi connectivity index (χ1) is 8.61. The monoisotopic (exact) mass is 311 g/mol. The Morgan fingerprint density at radius 1 is 1.44 bits per heavy atom. The number of halogens is 2. The van der Waals surface area contributed by atoms with Gasteiger partial charge in [-0.3, -0.25) is 0 Å². The molecule has 96 valence electrons. The zero-order chi connectivity index (χ0) is 13.1. The smallest absolute Gasteiger partial charge is 0.137 e. The second kappa shape index (κ2) is 5.63. The van der Waals surface area contributed by atoms with Gasteiger partial charge in [0, 0.05) is 19.3 Å². The molecule has 1 N–H and O–H groups in total. The van der Waals surface area contributed by atoms with Gasteiger partial charge in [-0.2, -0.15) is 0 Å². The molecule has 5 heteroatoms. The zero-order valence-electron chi connectivity index (χ0n) is 10.4. The Labute approximate surface area is 114 Å². The lowest BCUT2D eigenvalue weighted by molar-refractivity contribution is 0.618. The molecule has 1 heterocycles. The summed E-state index contributed by atoms with van der Waals surface area (Å²) < 4.78 is 15.8. The second-order valence-electron chi connectivity index (χ2n) is 4.16. The van der Waals surface area contributed by atoms with Crippen LogP contribution in [-0.2, 0) is 13.1 Å². The van der Waals surface area contributed by atoms with Crippen LogP contribution < -0.4 is 5.32 Å². The summed E-state index contributed by atoms with van der Waals surface area (Å²) in [6.45, 7) is 3.43. The van der Waals surface area contributed by atoms with Crippen LogP contribution in [0.2, 0.25) is 0 Å². The van der Waals surface area contributed by atoms with Gasteiger partial charge in [0.15, 0.2) is 0 Å². The van der Waals surface area contributed by atoms with Crippen LogP contribution in [0.15, 0.2) is 28.9 Å². The van der Waals surface area contributed by atoms with Crippen molar-refractivity contribution < 1.29 is 4.39 Å². The van der Waals surface area contributed by atoms with E-state index in [1.807, 2.05) is 20.2 Å². The number of aryl methyl sites for hydroxylation is 1. The Kier molecular flexibility index (Phi) is 4.14. The highest BCUT2D eigenvalue weighted by atomic mass is 79.9. The highest BCUT2D eigenvalue weighted by Crippen LogP contribution is 2.18. The van der Waals surface area contributed by atoms with Gasteiger partial charge in [-0.1, -0.05) is 6.07 Å². The van der Waals surface area contributed by atoms with Crippen LogP contribution in [0.4, 0.5) is 4.39 Å². The van der Waals surface area contributed by atoms with Crippen LogP contribution >= 0.6 is 15.9 Å². The average molecular weight is 312 g/mol. The maximum Gasteiger partial charge on any atom is 0.137 e. The van der Waals surface area contributed by atoms with Crippen LogP contribution in [0, 0.1) is 12.7 Å². The molecule has 0 unspecified atom stereocenters. The van der Waals surface area contributed by atoms with Gasteiger partial charge in [0.25, 0.3) is 0 Å². The summed E-state index contributed by atoms with van der Waals surface area (Å²) in [5.74, 6) is 0.720. The molecule has 0 aliphatic rings. The quantitative estimate of drug-likeness (QED) is 0.941. The van der Waals surface area contributed by atoms with Crippen molar-refractivity contribution in [1.29, 1.82) is 0 Å². The molecule has 1 aromatic carbocycles. The first-order valence-corrected chi connectivity index (χ1v) is 6.50. The number of hydrogen-bond donors (Lipinski definition) is 1. The third-order valence-corrected chi connectivity index (χ3v) is 3.43. The number of aromatic nitrogens is 2. The van der Waals surface area contributed by atoms with Crippen molar-refractivity contribution in [2.45, 2.75) is 20.0 Å². The van der Waals surface area contributed by atoms with Crippen LogP contribution in [0.3, 0.4) is 0 Å². The van der Waals surface area contributed by atoms with Crippen LogP contribution in [0.1, 0.15) is 17.1 Å². The van der Waals surface area contributed by atoms with Crippen molar-refractivity contribution in [3.05, 3.63) is 51.8 Å². The normalized spacial score (nSPS) is 10.9. The molecule has 0 bridgehead atoms. The summed E-state index contributed by atoms with van der Waals surface area (Å²) in [5, 5.41) is 3.11. The van der Waals surface area contributed by atoms with Gasteiger partial charge < -0.3 is 9.88 Å². The highest BCUT2D eigenvalue weighted by Gasteiger charge is 2.07. The maximum atomic E-state index is 13.2. The number of imidazole rings is 1. The number of hydrogen-bond acceptors (Lipinski definition) is 2. The lowest BCUT2D eigenvalue weighted by Crippen LogP contribution is -2.13. The van der Waals surface area contributed by atoms with Gasteiger partial charge >= 0.3 is 0 Å². The Hall–Kier alpha value is -1.20. The lowest BCUT2D eigenvalue weighted by Gasteiger charge is -2.10. The molecular formula is C13H15BrFN3. The molecule has 0 saturated heterocycles. The number of benzene rings is 1. The molecule has 18 heavy (non-hydrogen) atoms. The first kappa shape index (κ1) is 13.2. The third-order valence-electron chi connectivity index (χ3n) is 2.82. The Bertz CT molecular complexity index is 551. The average Bonchev–Trinajstić information content (AvgIpc) is 2.67. The minimum absolute atomic E-state index is 0.239. The van der Waals surface area contributed by atoms with Crippen LogP contribution in [-0.4, -0.2) is 16.6 Å². The van der Waals surface area contributed by atoms with E-state index in [0.717, 1.165) is 23.6 Å². The fraction of sp³-hybridized carbons (Fsp3) is 0.308. The van der Waals surface area contributed by atoms with Crippen molar-refractivity contribution >= 4 is 15.9 Å². The fourth-order valence-corrected chi connectivity index (χ4v) is 2.30. The molecule has 0 aliphatic carbocycles. The minimum Gasteiger partial charge on any atom is -0.327 e. The van der Waals surface area contributed by atoms with E-state index < -0.39 is 0 Å². The van der Waals surface area contributed by atoms with Crippen molar-refractivity contribution in [3.8, 4) is 0 Å². The van der Waals surface area contributed by atoms with E-state index in [9.17, 15) is 4.39 Å². The van der Waals surface area contributed by atoms with Crippen LogP contribution in [0.5, 0.6) is 0 Å². The Morgan fingerprint density at radius 3 is 2.89 bits per heavy atom. The fourth-order valence-electron chi connectivity index (χ4n) is 1.87. The molecule has 0 fully saturated rings. The van der Waals surface area contributed by atoms with Gasteiger partial charge in [0.2, 0.25) is 0 Å². The second-order valence-corrected chi connectivity index (χ2v) is 5.02. The number of nitrogens with one attached hydrogen (secondary N) is 1. The van der Waals surface area contributed by atoms with E-state index in [0.29, 0.717) is 11.0 Å². The Balaban J connectivity index is 2.27. The summed E-state index contributed by atoms with van der Waals surface area (Å²) in [4.78, 5) is 4.31. The zero-order valence-corrected chi connectivity index (χ0v) is 12.0. The van der Waals surface area contributed by atoms with E-state index in [-0.39, 0.29) is 5.82 Å². The van der Waals surface area contributed by atoms with E-state index in [4.69, 9.17) is 0 Å². The summed E-state index contributed by atoms with van der Waals surface area (Å²) in [7, 11) is 1.90. The van der Waals surface area contributed by atoms with Gasteiger partial charge in [-0.25, -0.2) is 9.37 Å². The summed E-state index contributed by atoms with van der Waals surface area (Å²) in [6.07, 6.45) is 1.87. The molecule has 0 atom stereocenters. The van der Waals surface area contributed by atoms with Crippen molar-refractivity contribution in [2.75, 3.05) is 7.05 Å². The standard InChI is InChI=1S/C13H15BrFN3/c1-9-17-7-11(6-16-2)18(9)8-10-3-4-13(15)12(14)5-10/h3-5,7,16H,6,8H2,1-2H3. The molecular weight excluding hydrogens is 297 g/mol.